The van der Waals surface area contributed by atoms with E-state index in [0.717, 1.165) is 46.8 Å². The maximum absolute atomic E-state index is 4.93. The first kappa shape index (κ1) is 17.2. The Hall–Kier alpha value is -2.24. The maximum atomic E-state index is 4.93. The standard InChI is InChI=1S/C21H21BrN4/c1-25(2)11-4-3-6-15-9-10-19-16(12-15)21-24-20-8-5-7-18(22)17(20)13-26(21)14-23-19/h3-5,7-10,12,14H,6,11,13H2,1-2H3/b4-3+. The van der Waals surface area contributed by atoms with Crippen LogP contribution in [0.4, 0.5) is 11.4 Å². The summed E-state index contributed by atoms with van der Waals surface area (Å²) in [6.07, 6.45) is 7.23. The minimum absolute atomic E-state index is 0.783. The molecule has 2 heterocycles. The number of hydrogen-bond donors (Lipinski definition) is 0. The molecule has 0 aromatic heterocycles. The Labute approximate surface area is 162 Å². The molecule has 4 nitrogen and oxygen atoms in total. The molecule has 2 aliphatic rings. The molecule has 0 bridgehead atoms. The van der Waals surface area contributed by atoms with Gasteiger partial charge in [-0.15, -0.1) is 0 Å². The highest BCUT2D eigenvalue weighted by Crippen LogP contribution is 2.36. The van der Waals surface area contributed by atoms with E-state index in [4.69, 9.17) is 4.99 Å². The molecular weight excluding hydrogens is 388 g/mol. The van der Waals surface area contributed by atoms with Gasteiger partial charge in [-0.05, 0) is 50.3 Å². The van der Waals surface area contributed by atoms with E-state index in [2.05, 4.69) is 87.3 Å². The number of allylic oxidation sites excluding steroid dienone is 1. The van der Waals surface area contributed by atoms with E-state index in [1.54, 1.807) is 0 Å². The fourth-order valence-corrected chi connectivity index (χ4v) is 3.66. The lowest BCUT2D eigenvalue weighted by Gasteiger charge is -2.31. The third-order valence-corrected chi connectivity index (χ3v) is 5.29. The Kier molecular flexibility index (Phi) is 4.74. The van der Waals surface area contributed by atoms with Crippen molar-refractivity contribution in [2.24, 2.45) is 9.98 Å². The molecule has 0 spiro atoms. The van der Waals surface area contributed by atoms with E-state index in [9.17, 15) is 0 Å². The molecule has 0 saturated heterocycles. The van der Waals surface area contributed by atoms with Gasteiger partial charge < -0.3 is 9.80 Å². The number of amidine groups is 1. The fourth-order valence-electron chi connectivity index (χ4n) is 3.18. The SMILES string of the molecule is CN(C)C/C=C/Cc1ccc2c(c1)C1=Nc3cccc(Br)c3CN1C=N2. The highest BCUT2D eigenvalue weighted by Gasteiger charge is 2.26. The Morgan fingerprint density at radius 3 is 2.88 bits per heavy atom. The summed E-state index contributed by atoms with van der Waals surface area (Å²) >= 11 is 3.64. The monoisotopic (exact) mass is 408 g/mol. The number of fused-ring (bicyclic) bond motifs is 4. The van der Waals surface area contributed by atoms with Crippen molar-refractivity contribution in [3.63, 3.8) is 0 Å². The molecular formula is C21H21BrN4. The largest absolute Gasteiger partial charge is 0.312 e. The fraction of sp³-hybridized carbons (Fsp3) is 0.238. The molecule has 2 aromatic rings. The van der Waals surface area contributed by atoms with E-state index >= 15 is 0 Å². The minimum Gasteiger partial charge on any atom is -0.312 e. The highest BCUT2D eigenvalue weighted by molar-refractivity contribution is 9.10. The van der Waals surface area contributed by atoms with Crippen LogP contribution >= 0.6 is 15.9 Å². The first-order valence-corrected chi connectivity index (χ1v) is 9.51. The van der Waals surface area contributed by atoms with Crippen molar-refractivity contribution < 1.29 is 0 Å². The Morgan fingerprint density at radius 1 is 1.15 bits per heavy atom. The van der Waals surface area contributed by atoms with Gasteiger partial charge in [0.25, 0.3) is 0 Å². The second kappa shape index (κ2) is 7.17. The Bertz CT molecular complexity index is 928. The predicted octanol–water partition coefficient (Wildman–Crippen LogP) is 4.68. The first-order valence-electron chi connectivity index (χ1n) is 8.72. The number of rotatable bonds is 4. The van der Waals surface area contributed by atoms with Gasteiger partial charge in [0, 0.05) is 22.1 Å². The summed E-state index contributed by atoms with van der Waals surface area (Å²) in [5.74, 6) is 0.986. The molecule has 5 heteroatoms. The van der Waals surface area contributed by atoms with Crippen LogP contribution in [-0.2, 0) is 13.0 Å². The van der Waals surface area contributed by atoms with Crippen LogP contribution in [0.5, 0.6) is 0 Å². The summed E-state index contributed by atoms with van der Waals surface area (Å²) in [6.45, 7) is 1.74. The highest BCUT2D eigenvalue weighted by atomic mass is 79.9. The van der Waals surface area contributed by atoms with Crippen molar-refractivity contribution in [3.05, 3.63) is 69.7 Å². The number of halogens is 1. The molecule has 0 atom stereocenters. The lowest BCUT2D eigenvalue weighted by molar-refractivity contribution is 0.456. The van der Waals surface area contributed by atoms with Gasteiger partial charge in [-0.3, -0.25) is 0 Å². The van der Waals surface area contributed by atoms with Crippen LogP contribution in [0.25, 0.3) is 0 Å². The van der Waals surface area contributed by atoms with Gasteiger partial charge in [0.05, 0.1) is 24.3 Å². The van der Waals surface area contributed by atoms with Crippen LogP contribution in [0, 0.1) is 0 Å². The summed E-state index contributed by atoms with van der Waals surface area (Å²) < 4.78 is 1.09. The van der Waals surface area contributed by atoms with Gasteiger partial charge in [-0.25, -0.2) is 9.98 Å². The summed E-state index contributed by atoms with van der Waals surface area (Å²) in [4.78, 5) is 13.8. The second-order valence-electron chi connectivity index (χ2n) is 6.83. The number of hydrogen-bond acceptors (Lipinski definition) is 4. The normalized spacial score (nSPS) is 15.1. The zero-order valence-electron chi connectivity index (χ0n) is 15.0. The topological polar surface area (TPSA) is 31.2 Å². The summed E-state index contributed by atoms with van der Waals surface area (Å²) in [5, 5.41) is 0. The molecule has 0 fully saturated rings. The van der Waals surface area contributed by atoms with E-state index in [0.29, 0.717) is 0 Å². The van der Waals surface area contributed by atoms with E-state index in [1.807, 2.05) is 12.4 Å². The van der Waals surface area contributed by atoms with Crippen molar-refractivity contribution in [2.45, 2.75) is 13.0 Å². The summed E-state index contributed by atoms with van der Waals surface area (Å²) in [7, 11) is 4.15. The van der Waals surface area contributed by atoms with Crippen molar-refractivity contribution in [3.8, 4) is 0 Å². The molecule has 0 aliphatic carbocycles. The van der Waals surface area contributed by atoms with Crippen molar-refractivity contribution in [1.82, 2.24) is 9.80 Å². The molecule has 4 rings (SSSR count). The third-order valence-electron chi connectivity index (χ3n) is 4.55. The zero-order chi connectivity index (χ0) is 18.1. The quantitative estimate of drug-likeness (QED) is 0.687. The van der Waals surface area contributed by atoms with Crippen LogP contribution in [0.3, 0.4) is 0 Å². The number of likely N-dealkylation sites (N-methyl/N-ethyl adjacent to an activating group) is 1. The van der Waals surface area contributed by atoms with Crippen molar-refractivity contribution in [1.29, 1.82) is 0 Å². The van der Waals surface area contributed by atoms with Crippen molar-refractivity contribution in [2.75, 3.05) is 20.6 Å². The number of aliphatic imine (C=N–C) groups is 2. The predicted molar refractivity (Wildman–Crippen MR) is 112 cm³/mol. The van der Waals surface area contributed by atoms with Crippen LogP contribution in [0.1, 0.15) is 16.7 Å². The Balaban J connectivity index is 1.67. The second-order valence-corrected chi connectivity index (χ2v) is 7.69. The lowest BCUT2D eigenvalue weighted by atomic mass is 10.0. The molecule has 0 N–H and O–H groups in total. The van der Waals surface area contributed by atoms with E-state index in [-0.39, 0.29) is 0 Å². The molecule has 0 saturated carbocycles. The Morgan fingerprint density at radius 2 is 2.04 bits per heavy atom. The van der Waals surface area contributed by atoms with Gasteiger partial charge in [0.15, 0.2) is 0 Å². The maximum Gasteiger partial charge on any atom is 0.144 e. The zero-order valence-corrected chi connectivity index (χ0v) is 16.6. The average molecular weight is 409 g/mol. The van der Waals surface area contributed by atoms with Crippen LogP contribution in [0.15, 0.2) is 63.0 Å². The summed E-state index contributed by atoms with van der Waals surface area (Å²) in [6, 6.07) is 12.6. The van der Waals surface area contributed by atoms with Gasteiger partial charge >= 0.3 is 0 Å². The number of nitrogens with zero attached hydrogens (tertiary/aromatic N) is 4. The van der Waals surface area contributed by atoms with Gasteiger partial charge in [0.2, 0.25) is 0 Å². The minimum atomic E-state index is 0.783. The van der Waals surface area contributed by atoms with E-state index in [1.165, 1.54) is 11.1 Å². The van der Waals surface area contributed by atoms with Gasteiger partial charge in [0.1, 0.15) is 5.84 Å². The first-order chi connectivity index (χ1) is 12.6. The molecule has 2 aliphatic heterocycles. The van der Waals surface area contributed by atoms with E-state index < -0.39 is 0 Å². The molecule has 0 unspecified atom stereocenters. The van der Waals surface area contributed by atoms with Gasteiger partial charge in [-0.2, -0.15) is 0 Å². The lowest BCUT2D eigenvalue weighted by Crippen LogP contribution is -2.34. The van der Waals surface area contributed by atoms with Crippen LogP contribution in [0.2, 0.25) is 0 Å². The molecule has 132 valence electrons. The smallest absolute Gasteiger partial charge is 0.144 e. The van der Waals surface area contributed by atoms with Crippen molar-refractivity contribution >= 4 is 39.5 Å². The third kappa shape index (κ3) is 3.37. The average Bonchev–Trinajstić information content (AvgIpc) is 2.64. The number of benzene rings is 2. The summed E-state index contributed by atoms with van der Waals surface area (Å²) in [5.41, 5.74) is 5.60. The molecule has 0 amide bonds. The van der Waals surface area contributed by atoms with Crippen LogP contribution in [-0.4, -0.2) is 42.6 Å². The molecule has 2 aromatic carbocycles. The molecule has 26 heavy (non-hydrogen) atoms. The van der Waals surface area contributed by atoms with Crippen LogP contribution < -0.4 is 0 Å². The molecule has 0 radical (unpaired) electrons. The van der Waals surface area contributed by atoms with Gasteiger partial charge in [-0.1, -0.05) is 40.2 Å².